The highest BCUT2D eigenvalue weighted by Gasteiger charge is 2.41. The molecule has 15 heteroatoms. The van der Waals surface area contributed by atoms with Crippen molar-refractivity contribution in [1.82, 2.24) is 14.7 Å². The minimum atomic E-state index is -4.84. The van der Waals surface area contributed by atoms with Crippen molar-refractivity contribution in [2.24, 2.45) is 0 Å². The lowest BCUT2D eigenvalue weighted by molar-refractivity contribution is -0.144. The monoisotopic (exact) mass is 680 g/mol. The Hall–Kier alpha value is -4.75. The number of fused-ring (bicyclic) bond motifs is 1. The van der Waals surface area contributed by atoms with Gasteiger partial charge in [-0.3, -0.25) is 4.79 Å². The number of pyridine rings is 1. The fraction of sp³-hybridized carbons (Fsp3) is 0.129. The number of amides is 1. The molecule has 0 radical (unpaired) electrons. The van der Waals surface area contributed by atoms with Crippen molar-refractivity contribution in [2.45, 2.75) is 24.7 Å². The van der Waals surface area contributed by atoms with Crippen LogP contribution in [0.3, 0.4) is 0 Å². The van der Waals surface area contributed by atoms with E-state index >= 15 is 8.78 Å². The van der Waals surface area contributed by atoms with Gasteiger partial charge in [-0.2, -0.15) is 13.2 Å². The van der Waals surface area contributed by atoms with Crippen LogP contribution in [0.4, 0.5) is 32.0 Å². The third kappa shape index (κ3) is 6.75. The Labute approximate surface area is 266 Å². The molecule has 0 saturated heterocycles. The van der Waals surface area contributed by atoms with Gasteiger partial charge in [0.2, 0.25) is 0 Å². The summed E-state index contributed by atoms with van der Waals surface area (Å²) in [4.78, 5) is 29.3. The molecule has 3 aromatic carbocycles. The van der Waals surface area contributed by atoms with Gasteiger partial charge in [-0.05, 0) is 42.0 Å². The van der Waals surface area contributed by atoms with Crippen molar-refractivity contribution in [3.8, 4) is 11.1 Å². The first-order valence-electron chi connectivity index (χ1n) is 13.3. The molecule has 2 atom stereocenters. The van der Waals surface area contributed by atoms with Crippen molar-refractivity contribution in [1.29, 1.82) is 0 Å². The number of alkyl halides is 3. The number of rotatable bonds is 9. The Balaban J connectivity index is 1.40. The molecule has 0 bridgehead atoms. The van der Waals surface area contributed by atoms with E-state index in [4.69, 9.17) is 23.2 Å². The maximum Gasteiger partial charge on any atom is 0.412 e. The normalized spacial score (nSPS) is 13.0. The van der Waals surface area contributed by atoms with E-state index < -0.39 is 65.3 Å². The van der Waals surface area contributed by atoms with Gasteiger partial charge in [0, 0.05) is 41.3 Å². The number of carbonyl (C=O) groups excluding carboxylic acids is 1. The maximum absolute atomic E-state index is 15.0. The predicted octanol–water partition coefficient (Wildman–Crippen LogP) is 7.87. The minimum Gasteiger partial charge on any atom is -0.480 e. The van der Waals surface area contributed by atoms with Gasteiger partial charge in [-0.15, -0.1) is 0 Å². The van der Waals surface area contributed by atoms with E-state index in [1.807, 2.05) is 5.32 Å². The number of carboxylic acids is 1. The first-order valence-corrected chi connectivity index (χ1v) is 14.0. The quantitative estimate of drug-likeness (QED) is 0.138. The molecule has 0 aliphatic rings. The standard InChI is InChI=1S/C31H20Cl2F6N4O3/c32-20-10-16(34)11-21(33)25(20)19-7-6-18(43-9-8-40-28(19)43)14-24(30(45)46)42-29(44)26-22(35)12-17(13-23(26)36)41-27(31(37,38)39)15-4-2-1-3-5-15/h1-13,24,27,41H,14H2,(H,42,44)(H,45,46)/t24?,27-/m1/s1. The zero-order valence-corrected chi connectivity index (χ0v) is 24.6. The first kappa shape index (κ1) is 32.6. The number of benzene rings is 3. The molecule has 3 N–H and O–H groups in total. The summed E-state index contributed by atoms with van der Waals surface area (Å²) >= 11 is 12.4. The summed E-state index contributed by atoms with van der Waals surface area (Å²) in [6.07, 6.45) is -2.36. The summed E-state index contributed by atoms with van der Waals surface area (Å²) in [5, 5.41) is 13.9. The lowest BCUT2D eigenvalue weighted by atomic mass is 10.0. The zero-order valence-electron chi connectivity index (χ0n) is 23.0. The molecule has 238 valence electrons. The fourth-order valence-electron chi connectivity index (χ4n) is 4.91. The first-order chi connectivity index (χ1) is 21.7. The largest absolute Gasteiger partial charge is 0.480 e. The summed E-state index contributed by atoms with van der Waals surface area (Å²) < 4.78 is 86.5. The maximum atomic E-state index is 15.0. The molecule has 2 aromatic heterocycles. The van der Waals surface area contributed by atoms with Gasteiger partial charge in [0.15, 0.2) is 0 Å². The number of carbonyl (C=O) groups is 2. The topological polar surface area (TPSA) is 95.7 Å². The average Bonchev–Trinajstić information content (AvgIpc) is 3.46. The Morgan fingerprint density at radius 3 is 2.15 bits per heavy atom. The third-order valence-corrected chi connectivity index (χ3v) is 7.56. The summed E-state index contributed by atoms with van der Waals surface area (Å²) in [6.45, 7) is 0. The van der Waals surface area contributed by atoms with E-state index in [1.165, 1.54) is 59.3 Å². The number of nitrogens with zero attached hydrogens (tertiary/aromatic N) is 2. The second kappa shape index (κ2) is 12.9. The number of carboxylic acid groups (broad SMARTS) is 1. The van der Waals surface area contributed by atoms with E-state index in [0.717, 1.165) is 12.1 Å². The summed E-state index contributed by atoms with van der Waals surface area (Å²) in [6, 6.07) is 8.70. The van der Waals surface area contributed by atoms with Crippen LogP contribution < -0.4 is 10.6 Å². The highest BCUT2D eigenvalue weighted by Crippen LogP contribution is 2.38. The van der Waals surface area contributed by atoms with Crippen LogP contribution in [0, 0.1) is 17.5 Å². The van der Waals surface area contributed by atoms with Crippen LogP contribution in [0.5, 0.6) is 0 Å². The van der Waals surface area contributed by atoms with Crippen LogP contribution in [0.25, 0.3) is 16.8 Å². The van der Waals surface area contributed by atoms with Crippen LogP contribution >= 0.6 is 23.2 Å². The third-order valence-electron chi connectivity index (χ3n) is 6.97. The number of hydrogen-bond acceptors (Lipinski definition) is 4. The van der Waals surface area contributed by atoms with Gasteiger partial charge in [0.05, 0.1) is 10.0 Å². The zero-order chi connectivity index (χ0) is 33.3. The van der Waals surface area contributed by atoms with Crippen LogP contribution in [-0.2, 0) is 11.2 Å². The van der Waals surface area contributed by atoms with Crippen LogP contribution in [0.15, 0.2) is 79.1 Å². The van der Waals surface area contributed by atoms with Gasteiger partial charge >= 0.3 is 12.1 Å². The lowest BCUT2D eigenvalue weighted by Gasteiger charge is -2.23. The van der Waals surface area contributed by atoms with Crippen molar-refractivity contribution in [2.75, 3.05) is 5.32 Å². The summed E-state index contributed by atoms with van der Waals surface area (Å²) in [7, 11) is 0. The van der Waals surface area contributed by atoms with Crippen molar-refractivity contribution >= 4 is 46.4 Å². The van der Waals surface area contributed by atoms with Gasteiger partial charge in [-0.1, -0.05) is 53.5 Å². The summed E-state index contributed by atoms with van der Waals surface area (Å²) in [5.74, 6) is -6.70. The minimum absolute atomic E-state index is 0.00223. The summed E-state index contributed by atoms with van der Waals surface area (Å²) in [5.41, 5.74) is -0.803. The highest BCUT2D eigenvalue weighted by molar-refractivity contribution is 6.39. The smallest absolute Gasteiger partial charge is 0.412 e. The van der Waals surface area contributed by atoms with Crippen molar-refractivity contribution in [3.63, 3.8) is 0 Å². The molecule has 0 aliphatic heterocycles. The second-order valence-corrected chi connectivity index (χ2v) is 10.8. The molecule has 0 spiro atoms. The van der Waals surface area contributed by atoms with Gasteiger partial charge < -0.3 is 20.1 Å². The van der Waals surface area contributed by atoms with E-state index in [0.29, 0.717) is 17.7 Å². The Bertz CT molecular complexity index is 1910. The van der Waals surface area contributed by atoms with E-state index in [-0.39, 0.29) is 32.5 Å². The number of aliphatic carboxylic acids is 1. The molecule has 0 saturated carbocycles. The average molecular weight is 681 g/mol. The molecular formula is C31H20Cl2F6N4O3. The fourth-order valence-corrected chi connectivity index (χ4v) is 5.57. The number of halogens is 8. The Morgan fingerprint density at radius 1 is 0.935 bits per heavy atom. The molecule has 5 rings (SSSR count). The second-order valence-electron chi connectivity index (χ2n) is 10.0. The Morgan fingerprint density at radius 2 is 1.57 bits per heavy atom. The van der Waals surface area contributed by atoms with Gasteiger partial charge in [0.1, 0.15) is 40.7 Å². The lowest BCUT2D eigenvalue weighted by Crippen LogP contribution is -2.43. The SMILES string of the molecule is O=C(NC(Cc1ccc(-c2c(Cl)cc(F)cc2Cl)c2nccn12)C(=O)O)c1c(F)cc(N[C@H](c2ccccc2)C(F)(F)F)cc1F. The molecule has 7 nitrogen and oxygen atoms in total. The molecule has 5 aromatic rings. The van der Waals surface area contributed by atoms with Crippen LogP contribution in [0.1, 0.15) is 27.7 Å². The van der Waals surface area contributed by atoms with Crippen molar-refractivity contribution in [3.05, 3.63) is 123 Å². The molecule has 1 amide bonds. The number of imidazole rings is 1. The molecule has 46 heavy (non-hydrogen) atoms. The molecule has 2 heterocycles. The van der Waals surface area contributed by atoms with E-state index in [2.05, 4.69) is 10.3 Å². The van der Waals surface area contributed by atoms with Crippen LogP contribution in [0.2, 0.25) is 10.0 Å². The molecule has 1 unspecified atom stereocenters. The predicted molar refractivity (Wildman–Crippen MR) is 158 cm³/mol. The number of nitrogens with one attached hydrogen (secondary N) is 2. The number of anilines is 1. The molecule has 0 fully saturated rings. The number of aromatic nitrogens is 2. The van der Waals surface area contributed by atoms with E-state index in [1.54, 1.807) is 0 Å². The highest BCUT2D eigenvalue weighted by atomic mass is 35.5. The Kier molecular flexibility index (Phi) is 9.17. The van der Waals surface area contributed by atoms with E-state index in [9.17, 15) is 32.3 Å². The number of hydrogen-bond donors (Lipinski definition) is 3. The van der Waals surface area contributed by atoms with Gasteiger partial charge in [-0.25, -0.2) is 22.9 Å². The van der Waals surface area contributed by atoms with Crippen molar-refractivity contribution < 1.29 is 41.0 Å². The van der Waals surface area contributed by atoms with Crippen LogP contribution in [-0.4, -0.2) is 38.6 Å². The molecular weight excluding hydrogens is 661 g/mol. The van der Waals surface area contributed by atoms with Gasteiger partial charge in [0.25, 0.3) is 5.91 Å². The molecule has 0 aliphatic carbocycles.